The number of unbranched alkanes of at least 4 members (excludes halogenated alkanes) is 4. The Morgan fingerprint density at radius 2 is 1.64 bits per heavy atom. The van der Waals surface area contributed by atoms with E-state index in [9.17, 15) is 8.78 Å². The summed E-state index contributed by atoms with van der Waals surface area (Å²) in [6.07, 6.45) is 13.3. The zero-order chi connectivity index (χ0) is 17.6. The maximum Gasteiger partial charge on any atom is 0.166 e. The van der Waals surface area contributed by atoms with Crippen LogP contribution in [0.2, 0.25) is 0 Å². The number of benzene rings is 2. The molecule has 0 saturated heterocycles. The minimum atomic E-state index is -0.764. The van der Waals surface area contributed by atoms with Crippen LogP contribution in [0, 0.1) is 17.6 Å². The van der Waals surface area contributed by atoms with E-state index in [0.29, 0.717) is 11.3 Å². The summed E-state index contributed by atoms with van der Waals surface area (Å²) in [5.74, 6) is -0.0192. The summed E-state index contributed by atoms with van der Waals surface area (Å²) in [5.41, 5.74) is 1.29. The van der Waals surface area contributed by atoms with Crippen molar-refractivity contribution in [2.24, 2.45) is 5.92 Å². The van der Waals surface area contributed by atoms with Gasteiger partial charge in [-0.3, -0.25) is 0 Å². The molecule has 0 N–H and O–H groups in total. The lowest BCUT2D eigenvalue weighted by Gasteiger charge is -2.29. The summed E-state index contributed by atoms with van der Waals surface area (Å²) in [6.45, 7) is 2.26. The van der Waals surface area contributed by atoms with Gasteiger partial charge < -0.3 is 0 Å². The van der Waals surface area contributed by atoms with Gasteiger partial charge in [-0.2, -0.15) is 0 Å². The first-order valence-corrected chi connectivity index (χ1v) is 10.1. The van der Waals surface area contributed by atoms with E-state index in [1.807, 2.05) is 6.07 Å². The molecule has 0 unspecified atom stereocenters. The minimum absolute atomic E-state index is 0.393. The highest BCUT2D eigenvalue weighted by Gasteiger charge is 2.22. The van der Waals surface area contributed by atoms with Crippen molar-refractivity contribution >= 4 is 10.8 Å². The molecular weight excluding hydrogens is 314 g/mol. The van der Waals surface area contributed by atoms with Crippen molar-refractivity contribution < 1.29 is 8.78 Å². The van der Waals surface area contributed by atoms with E-state index >= 15 is 0 Å². The highest BCUT2D eigenvalue weighted by Crippen LogP contribution is 2.38. The molecule has 0 atom stereocenters. The van der Waals surface area contributed by atoms with Gasteiger partial charge in [-0.15, -0.1) is 0 Å². The Hall–Kier alpha value is -1.44. The van der Waals surface area contributed by atoms with Crippen LogP contribution in [0.5, 0.6) is 0 Å². The molecule has 2 aromatic carbocycles. The molecule has 25 heavy (non-hydrogen) atoms. The van der Waals surface area contributed by atoms with Gasteiger partial charge >= 0.3 is 0 Å². The third kappa shape index (κ3) is 4.59. The first-order chi connectivity index (χ1) is 12.2. The second-order valence-corrected chi connectivity index (χ2v) is 7.76. The fourth-order valence-electron chi connectivity index (χ4n) is 4.36. The molecule has 0 spiro atoms. The van der Waals surface area contributed by atoms with E-state index in [4.69, 9.17) is 0 Å². The second-order valence-electron chi connectivity index (χ2n) is 7.76. The molecule has 0 aromatic heterocycles. The van der Waals surface area contributed by atoms with Gasteiger partial charge in [-0.1, -0.05) is 69.7 Å². The van der Waals surface area contributed by atoms with Gasteiger partial charge in [0.2, 0.25) is 0 Å². The third-order valence-corrected chi connectivity index (χ3v) is 5.97. The lowest BCUT2D eigenvalue weighted by atomic mass is 9.76. The SMILES string of the molecule is CCCCCCCC1CCC(c2ccc3c(F)c(F)ccc3c2)CC1. The molecule has 0 heterocycles. The second kappa shape index (κ2) is 8.78. The monoisotopic (exact) mass is 344 g/mol. The molecule has 1 saturated carbocycles. The number of hydrogen-bond donors (Lipinski definition) is 0. The van der Waals surface area contributed by atoms with E-state index < -0.39 is 11.6 Å². The maximum atomic E-state index is 13.8. The Bertz CT molecular complexity index is 684. The summed E-state index contributed by atoms with van der Waals surface area (Å²) in [7, 11) is 0. The van der Waals surface area contributed by atoms with Gasteiger partial charge in [0.15, 0.2) is 11.6 Å². The molecule has 3 rings (SSSR count). The molecule has 0 radical (unpaired) electrons. The average molecular weight is 344 g/mol. The van der Waals surface area contributed by atoms with Crippen LogP contribution in [0.3, 0.4) is 0 Å². The van der Waals surface area contributed by atoms with Crippen LogP contribution in [0.4, 0.5) is 8.78 Å². The van der Waals surface area contributed by atoms with Crippen molar-refractivity contribution in [1.29, 1.82) is 0 Å². The van der Waals surface area contributed by atoms with Crippen LogP contribution in [0.25, 0.3) is 10.8 Å². The van der Waals surface area contributed by atoms with Gasteiger partial charge in [0.25, 0.3) is 0 Å². The van der Waals surface area contributed by atoms with Gasteiger partial charge in [0.1, 0.15) is 0 Å². The first-order valence-electron chi connectivity index (χ1n) is 10.1. The quantitative estimate of drug-likeness (QED) is 0.450. The largest absolute Gasteiger partial charge is 0.204 e. The van der Waals surface area contributed by atoms with Gasteiger partial charge in [0, 0.05) is 5.39 Å². The predicted molar refractivity (Wildman–Crippen MR) is 102 cm³/mol. The predicted octanol–water partition coefficient (Wildman–Crippen LogP) is 7.75. The molecule has 0 bridgehead atoms. The Kier molecular flexibility index (Phi) is 6.45. The fourth-order valence-corrected chi connectivity index (χ4v) is 4.36. The van der Waals surface area contributed by atoms with Crippen LogP contribution < -0.4 is 0 Å². The molecule has 1 aliphatic carbocycles. The molecular formula is C23H30F2. The Labute approximate surface area is 150 Å². The molecule has 0 aliphatic heterocycles. The fraction of sp³-hybridized carbons (Fsp3) is 0.565. The lowest BCUT2D eigenvalue weighted by Crippen LogP contribution is -2.13. The zero-order valence-corrected chi connectivity index (χ0v) is 15.4. The van der Waals surface area contributed by atoms with Crippen LogP contribution >= 0.6 is 0 Å². The van der Waals surface area contributed by atoms with Gasteiger partial charge in [-0.05, 0) is 54.5 Å². The van der Waals surface area contributed by atoms with Gasteiger partial charge in [-0.25, -0.2) is 8.78 Å². The van der Waals surface area contributed by atoms with Crippen LogP contribution in [-0.2, 0) is 0 Å². The van der Waals surface area contributed by atoms with E-state index in [0.717, 1.165) is 11.3 Å². The summed E-state index contributed by atoms with van der Waals surface area (Å²) in [5, 5.41) is 1.21. The van der Waals surface area contributed by atoms with E-state index in [2.05, 4.69) is 13.0 Å². The Morgan fingerprint density at radius 3 is 2.40 bits per heavy atom. The Balaban J connectivity index is 1.54. The number of hydrogen-bond acceptors (Lipinski definition) is 0. The Morgan fingerprint density at radius 1 is 0.880 bits per heavy atom. The van der Waals surface area contributed by atoms with E-state index in [-0.39, 0.29) is 0 Å². The molecule has 1 aliphatic rings. The minimum Gasteiger partial charge on any atom is -0.204 e. The highest BCUT2D eigenvalue weighted by atomic mass is 19.2. The van der Waals surface area contributed by atoms with Crippen LogP contribution in [0.15, 0.2) is 30.3 Å². The first kappa shape index (κ1) is 18.4. The molecule has 1 fully saturated rings. The third-order valence-electron chi connectivity index (χ3n) is 5.97. The van der Waals surface area contributed by atoms with E-state index in [1.165, 1.54) is 75.8 Å². The highest BCUT2D eigenvalue weighted by molar-refractivity contribution is 5.84. The van der Waals surface area contributed by atoms with E-state index in [1.54, 1.807) is 12.1 Å². The number of halogens is 2. The van der Waals surface area contributed by atoms with Crippen molar-refractivity contribution in [2.75, 3.05) is 0 Å². The van der Waals surface area contributed by atoms with Crippen molar-refractivity contribution in [2.45, 2.75) is 77.0 Å². The topological polar surface area (TPSA) is 0 Å². The van der Waals surface area contributed by atoms with Crippen molar-refractivity contribution in [1.82, 2.24) is 0 Å². The zero-order valence-electron chi connectivity index (χ0n) is 15.4. The molecule has 2 aromatic rings. The summed E-state index contributed by atoms with van der Waals surface area (Å²) in [4.78, 5) is 0. The lowest BCUT2D eigenvalue weighted by molar-refractivity contribution is 0.302. The maximum absolute atomic E-state index is 13.8. The normalized spacial score (nSPS) is 20.9. The molecule has 2 heteroatoms. The summed E-state index contributed by atoms with van der Waals surface area (Å²) < 4.78 is 27.2. The molecule has 136 valence electrons. The van der Waals surface area contributed by atoms with Crippen LogP contribution in [0.1, 0.15) is 82.6 Å². The standard InChI is InChI=1S/C23H30F2/c1-2-3-4-5-6-7-17-8-10-18(11-9-17)19-12-14-21-20(16-19)13-15-22(24)23(21)25/h12-18H,2-11H2,1H3. The average Bonchev–Trinajstić information content (AvgIpc) is 2.65. The molecule has 0 amide bonds. The molecule has 0 nitrogen and oxygen atoms in total. The summed E-state index contributed by atoms with van der Waals surface area (Å²) >= 11 is 0. The van der Waals surface area contributed by atoms with Crippen LogP contribution in [-0.4, -0.2) is 0 Å². The smallest absolute Gasteiger partial charge is 0.166 e. The van der Waals surface area contributed by atoms with Gasteiger partial charge in [0.05, 0.1) is 0 Å². The van der Waals surface area contributed by atoms with Crippen molar-refractivity contribution in [3.63, 3.8) is 0 Å². The summed E-state index contributed by atoms with van der Waals surface area (Å²) in [6, 6.07) is 8.74. The van der Waals surface area contributed by atoms with Crippen molar-refractivity contribution in [3.05, 3.63) is 47.5 Å². The van der Waals surface area contributed by atoms with Crippen molar-refractivity contribution in [3.8, 4) is 0 Å². The number of rotatable bonds is 7. The number of fused-ring (bicyclic) bond motifs is 1.